The Morgan fingerprint density at radius 2 is 1.67 bits per heavy atom. The van der Waals surface area contributed by atoms with Crippen LogP contribution in [0.2, 0.25) is 0 Å². The van der Waals surface area contributed by atoms with Crippen molar-refractivity contribution in [3.8, 4) is 0 Å². The number of nitrogens with zero attached hydrogens (tertiary/aromatic N) is 2. The Balaban J connectivity index is 1.70. The number of amides is 1. The lowest BCUT2D eigenvalue weighted by molar-refractivity contribution is -0.256. The Hall–Kier alpha value is -3.07. The Labute approximate surface area is 173 Å². The highest BCUT2D eigenvalue weighted by molar-refractivity contribution is 7.91. The molecule has 1 aromatic heterocycles. The van der Waals surface area contributed by atoms with Crippen LogP contribution in [0.3, 0.4) is 0 Å². The number of benzene rings is 2. The zero-order chi connectivity index (χ0) is 20.8. The van der Waals surface area contributed by atoms with Gasteiger partial charge in [0.2, 0.25) is 9.84 Å². The summed E-state index contributed by atoms with van der Waals surface area (Å²) in [5.41, 5.74) is 1.57. The fourth-order valence-electron chi connectivity index (χ4n) is 3.78. The van der Waals surface area contributed by atoms with Gasteiger partial charge in [0.05, 0.1) is 23.8 Å². The predicted molar refractivity (Wildman–Crippen MR) is 108 cm³/mol. The summed E-state index contributed by atoms with van der Waals surface area (Å²) in [6, 6.07) is 18.4. The number of carbonyl (C=O) groups is 1. The Bertz CT molecular complexity index is 1210. The highest BCUT2D eigenvalue weighted by Gasteiger charge is 2.55. The molecule has 152 valence electrons. The summed E-state index contributed by atoms with van der Waals surface area (Å²) in [7, 11) is -3.87. The summed E-state index contributed by atoms with van der Waals surface area (Å²) in [6.45, 7) is 0.677. The first-order chi connectivity index (χ1) is 14.5. The summed E-state index contributed by atoms with van der Waals surface area (Å²) < 4.78 is 37.9. The van der Waals surface area contributed by atoms with Gasteiger partial charge >= 0.3 is 0 Å². The second kappa shape index (κ2) is 7.02. The zero-order valence-electron chi connectivity index (χ0n) is 15.9. The number of sulfone groups is 1. The summed E-state index contributed by atoms with van der Waals surface area (Å²) >= 11 is 0. The monoisotopic (exact) mass is 422 g/mol. The molecule has 0 saturated carbocycles. The molecule has 8 heteroatoms. The average molecular weight is 422 g/mol. The van der Waals surface area contributed by atoms with Gasteiger partial charge in [0.15, 0.2) is 5.03 Å². The maximum atomic E-state index is 13.5. The van der Waals surface area contributed by atoms with Crippen LogP contribution in [0.25, 0.3) is 0 Å². The van der Waals surface area contributed by atoms with E-state index in [2.05, 4.69) is 4.98 Å². The molecule has 1 saturated heterocycles. The molecule has 3 heterocycles. The van der Waals surface area contributed by atoms with Crippen molar-refractivity contribution in [3.05, 3.63) is 78.5 Å². The number of aromatic nitrogens is 1. The van der Waals surface area contributed by atoms with Gasteiger partial charge in [-0.3, -0.25) is 9.69 Å². The second-order valence-corrected chi connectivity index (χ2v) is 8.89. The summed E-state index contributed by atoms with van der Waals surface area (Å²) in [4.78, 5) is 19.0. The van der Waals surface area contributed by atoms with Crippen LogP contribution in [0.1, 0.15) is 12.0 Å². The molecule has 0 bridgehead atoms. The van der Waals surface area contributed by atoms with Gasteiger partial charge in [-0.1, -0.05) is 24.3 Å². The van der Waals surface area contributed by atoms with Crippen LogP contribution in [0.15, 0.2) is 82.8 Å². The van der Waals surface area contributed by atoms with Crippen molar-refractivity contribution >= 4 is 27.1 Å². The molecule has 2 aromatic carbocycles. The smallest absolute Gasteiger partial charge is 0.297 e. The molecule has 1 amide bonds. The summed E-state index contributed by atoms with van der Waals surface area (Å²) in [5.74, 6) is -2.05. The van der Waals surface area contributed by atoms with Gasteiger partial charge in [-0.15, -0.1) is 0 Å². The number of hydrogen-bond donors (Lipinski definition) is 0. The lowest BCUT2D eigenvalue weighted by Gasteiger charge is -2.32. The van der Waals surface area contributed by atoms with Crippen LogP contribution in [0.5, 0.6) is 0 Å². The Morgan fingerprint density at radius 1 is 0.933 bits per heavy atom. The molecule has 7 nitrogen and oxygen atoms in total. The maximum Gasteiger partial charge on any atom is 0.297 e. The van der Waals surface area contributed by atoms with Crippen molar-refractivity contribution in [1.82, 2.24) is 4.98 Å². The molecule has 1 fully saturated rings. The van der Waals surface area contributed by atoms with Crippen molar-refractivity contribution in [2.24, 2.45) is 0 Å². The molecule has 2 aliphatic rings. The van der Waals surface area contributed by atoms with Crippen LogP contribution in [0.4, 0.5) is 11.4 Å². The normalized spacial score (nSPS) is 17.9. The van der Waals surface area contributed by atoms with Crippen LogP contribution in [-0.4, -0.2) is 32.5 Å². The zero-order valence-corrected chi connectivity index (χ0v) is 16.7. The minimum atomic E-state index is -3.87. The predicted octanol–water partition coefficient (Wildman–Crippen LogP) is 3.18. The molecular formula is C22H18N2O5S. The molecule has 30 heavy (non-hydrogen) atoms. The van der Waals surface area contributed by atoms with Crippen molar-refractivity contribution < 1.29 is 22.7 Å². The first-order valence-electron chi connectivity index (χ1n) is 9.52. The van der Waals surface area contributed by atoms with E-state index in [0.717, 1.165) is 0 Å². The van der Waals surface area contributed by atoms with Crippen LogP contribution >= 0.6 is 0 Å². The number of hydrogen-bond acceptors (Lipinski definition) is 6. The van der Waals surface area contributed by atoms with Crippen LogP contribution < -0.4 is 4.90 Å². The van der Waals surface area contributed by atoms with E-state index in [1.807, 2.05) is 30.3 Å². The largest absolute Gasteiger partial charge is 0.338 e. The van der Waals surface area contributed by atoms with Crippen LogP contribution in [-0.2, 0) is 29.9 Å². The molecule has 0 N–H and O–H groups in total. The van der Waals surface area contributed by atoms with Gasteiger partial charge in [0, 0.05) is 17.4 Å². The summed E-state index contributed by atoms with van der Waals surface area (Å²) in [5, 5.41) is -0.0614. The number of para-hydroxylation sites is 1. The van der Waals surface area contributed by atoms with Crippen molar-refractivity contribution in [3.63, 3.8) is 0 Å². The number of fused-ring (bicyclic) bond motifs is 2. The van der Waals surface area contributed by atoms with E-state index in [9.17, 15) is 13.2 Å². The van der Waals surface area contributed by atoms with E-state index >= 15 is 0 Å². The highest BCUT2D eigenvalue weighted by Crippen LogP contribution is 2.49. The first-order valence-corrected chi connectivity index (χ1v) is 11.0. The van der Waals surface area contributed by atoms with Gasteiger partial charge in [-0.05, 0) is 48.9 Å². The standard InChI is InChI=1S/C22H18N2O5S/c25-21-22(28-13-6-14-29-22)18-15-17(30(26,27)20-9-4-5-12-23-20)10-11-19(18)24(21)16-7-2-1-3-8-16/h1-5,7-12,15H,6,13-14H2. The van der Waals surface area contributed by atoms with Gasteiger partial charge in [-0.2, -0.15) is 0 Å². The number of carbonyl (C=O) groups excluding carboxylic acids is 1. The van der Waals surface area contributed by atoms with E-state index in [1.165, 1.54) is 29.3 Å². The van der Waals surface area contributed by atoms with Gasteiger partial charge in [0.25, 0.3) is 11.7 Å². The number of ether oxygens (including phenoxy) is 2. The quantitative estimate of drug-likeness (QED) is 0.644. The fraction of sp³-hybridized carbons (Fsp3) is 0.182. The van der Waals surface area contributed by atoms with Gasteiger partial charge in [-0.25, -0.2) is 13.4 Å². The molecule has 0 unspecified atom stereocenters. The topological polar surface area (TPSA) is 85.8 Å². The van der Waals surface area contributed by atoms with Gasteiger partial charge < -0.3 is 9.47 Å². The van der Waals surface area contributed by atoms with E-state index in [1.54, 1.807) is 18.2 Å². The lowest BCUT2D eigenvalue weighted by Crippen LogP contribution is -2.46. The molecule has 0 aliphatic carbocycles. The molecular weight excluding hydrogens is 404 g/mol. The number of pyridine rings is 1. The molecule has 1 spiro atoms. The Morgan fingerprint density at radius 3 is 2.37 bits per heavy atom. The minimum absolute atomic E-state index is 0.0276. The molecule has 3 aromatic rings. The SMILES string of the molecule is O=C1N(c2ccccc2)c2ccc(S(=O)(=O)c3ccccn3)cc2C12OCCCO2. The van der Waals surface area contributed by atoms with Crippen molar-refractivity contribution in [1.29, 1.82) is 0 Å². The maximum absolute atomic E-state index is 13.5. The minimum Gasteiger partial charge on any atom is -0.338 e. The van der Waals surface area contributed by atoms with Crippen molar-refractivity contribution in [2.75, 3.05) is 18.1 Å². The number of rotatable bonds is 3. The van der Waals surface area contributed by atoms with E-state index in [0.29, 0.717) is 36.6 Å². The molecule has 0 atom stereocenters. The van der Waals surface area contributed by atoms with Gasteiger partial charge in [0.1, 0.15) is 0 Å². The fourth-order valence-corrected chi connectivity index (χ4v) is 5.00. The number of anilines is 2. The van der Waals surface area contributed by atoms with E-state index in [-0.39, 0.29) is 9.92 Å². The second-order valence-electron chi connectivity index (χ2n) is 6.99. The molecule has 5 rings (SSSR count). The van der Waals surface area contributed by atoms with E-state index in [4.69, 9.17) is 9.47 Å². The molecule has 2 aliphatic heterocycles. The third kappa shape index (κ3) is 2.76. The molecule has 0 radical (unpaired) electrons. The first kappa shape index (κ1) is 18.9. The third-order valence-corrected chi connectivity index (χ3v) is 6.85. The van der Waals surface area contributed by atoms with E-state index < -0.39 is 21.5 Å². The Kier molecular flexibility index (Phi) is 4.43. The van der Waals surface area contributed by atoms with Crippen molar-refractivity contribution in [2.45, 2.75) is 22.1 Å². The average Bonchev–Trinajstić information content (AvgIpc) is 3.03. The van der Waals surface area contributed by atoms with Crippen LogP contribution in [0, 0.1) is 0 Å². The third-order valence-electron chi connectivity index (χ3n) is 5.19. The highest BCUT2D eigenvalue weighted by atomic mass is 32.2. The summed E-state index contributed by atoms with van der Waals surface area (Å²) in [6.07, 6.45) is 2.08. The lowest BCUT2D eigenvalue weighted by atomic mass is 10.1.